The lowest BCUT2D eigenvalue weighted by Crippen LogP contribution is -2.15. The van der Waals surface area contributed by atoms with Crippen LogP contribution in [0.15, 0.2) is 28.9 Å². The van der Waals surface area contributed by atoms with Crippen LogP contribution in [0.1, 0.15) is 51.9 Å². The molecule has 136 valence electrons. The third-order valence-corrected chi connectivity index (χ3v) is 5.76. The van der Waals surface area contributed by atoms with Gasteiger partial charge in [-0.1, -0.05) is 54.1 Å². The zero-order valence-corrected chi connectivity index (χ0v) is 16.4. The molecule has 25 heavy (non-hydrogen) atoms. The predicted octanol–water partition coefficient (Wildman–Crippen LogP) is 5.08. The van der Waals surface area contributed by atoms with E-state index in [1.165, 1.54) is 32.1 Å². The van der Waals surface area contributed by atoms with Crippen LogP contribution in [-0.4, -0.2) is 21.7 Å². The van der Waals surface area contributed by atoms with Gasteiger partial charge in [0.05, 0.1) is 17.3 Å². The molecule has 1 aliphatic carbocycles. The summed E-state index contributed by atoms with van der Waals surface area (Å²) in [5, 5.41) is 13.8. The molecule has 4 nitrogen and oxygen atoms in total. The van der Waals surface area contributed by atoms with E-state index in [0.29, 0.717) is 18.9 Å². The second-order valence-electron chi connectivity index (χ2n) is 7.27. The van der Waals surface area contributed by atoms with Crippen LogP contribution in [0.2, 0.25) is 0 Å². The molecule has 2 aromatic rings. The minimum atomic E-state index is -0.440. The number of benzene rings is 1. The number of amides is 1. The van der Waals surface area contributed by atoms with Crippen molar-refractivity contribution in [2.75, 3.05) is 5.32 Å². The van der Waals surface area contributed by atoms with Crippen LogP contribution in [0.25, 0.3) is 10.9 Å². The Bertz CT molecular complexity index is 733. The summed E-state index contributed by atoms with van der Waals surface area (Å²) in [6.45, 7) is 2.27. The van der Waals surface area contributed by atoms with Crippen molar-refractivity contribution in [2.24, 2.45) is 5.92 Å². The molecule has 1 saturated carbocycles. The zero-order valence-electron chi connectivity index (χ0n) is 14.8. The number of fused-ring (bicyclic) bond motifs is 1. The van der Waals surface area contributed by atoms with Gasteiger partial charge in [0, 0.05) is 29.0 Å². The van der Waals surface area contributed by atoms with Crippen LogP contribution < -0.4 is 5.32 Å². The Labute approximate surface area is 157 Å². The van der Waals surface area contributed by atoms with Crippen molar-refractivity contribution in [3.05, 3.63) is 28.9 Å². The van der Waals surface area contributed by atoms with E-state index in [2.05, 4.69) is 21.2 Å². The second kappa shape index (κ2) is 8.37. The van der Waals surface area contributed by atoms with Crippen molar-refractivity contribution in [1.82, 2.24) is 4.57 Å². The predicted molar refractivity (Wildman–Crippen MR) is 106 cm³/mol. The Hall–Kier alpha value is -1.33. The van der Waals surface area contributed by atoms with Gasteiger partial charge in [-0.3, -0.25) is 4.79 Å². The molecular weight excluding hydrogens is 380 g/mol. The Morgan fingerprint density at radius 3 is 2.84 bits per heavy atom. The molecule has 1 fully saturated rings. The van der Waals surface area contributed by atoms with E-state index in [9.17, 15) is 9.90 Å². The minimum Gasteiger partial charge on any atom is -0.392 e. The molecule has 2 N–H and O–H groups in total. The standard InChI is InChI=1S/C20H27BrN2O2/c1-14(24)12-23-13-17(20-16(21)8-5-9-18(20)23)22-19(25)11-10-15-6-3-2-4-7-15/h5,8-9,13-15,24H,2-4,6-7,10-12H2,1H3,(H,22,25). The van der Waals surface area contributed by atoms with Crippen molar-refractivity contribution in [2.45, 2.75) is 64.5 Å². The number of aliphatic hydroxyl groups excluding tert-OH is 1. The van der Waals surface area contributed by atoms with E-state index in [0.717, 1.165) is 27.5 Å². The van der Waals surface area contributed by atoms with Gasteiger partial charge in [0.25, 0.3) is 0 Å². The first-order valence-corrected chi connectivity index (χ1v) is 10.1. The van der Waals surface area contributed by atoms with E-state index in [1.807, 2.05) is 29.0 Å². The Balaban J connectivity index is 1.72. The first kappa shape index (κ1) is 18.5. The number of aromatic nitrogens is 1. The summed E-state index contributed by atoms with van der Waals surface area (Å²) in [4.78, 5) is 12.5. The molecule has 0 aliphatic heterocycles. The fourth-order valence-corrected chi connectivity index (χ4v) is 4.43. The highest BCUT2D eigenvalue weighted by molar-refractivity contribution is 9.10. The minimum absolute atomic E-state index is 0.0809. The highest BCUT2D eigenvalue weighted by Crippen LogP contribution is 2.33. The average molecular weight is 407 g/mol. The molecule has 1 heterocycles. The molecule has 1 atom stereocenters. The van der Waals surface area contributed by atoms with Crippen LogP contribution in [0, 0.1) is 5.92 Å². The van der Waals surface area contributed by atoms with E-state index in [1.54, 1.807) is 6.92 Å². The summed E-state index contributed by atoms with van der Waals surface area (Å²) < 4.78 is 2.96. The topological polar surface area (TPSA) is 54.3 Å². The van der Waals surface area contributed by atoms with Crippen molar-refractivity contribution >= 4 is 38.4 Å². The lowest BCUT2D eigenvalue weighted by molar-refractivity contribution is -0.116. The summed E-state index contributed by atoms with van der Waals surface area (Å²) in [7, 11) is 0. The number of nitrogens with zero attached hydrogens (tertiary/aromatic N) is 1. The molecule has 5 heteroatoms. The Morgan fingerprint density at radius 2 is 2.12 bits per heavy atom. The zero-order chi connectivity index (χ0) is 17.8. The number of hydrogen-bond donors (Lipinski definition) is 2. The van der Waals surface area contributed by atoms with E-state index in [4.69, 9.17) is 0 Å². The molecule has 0 saturated heterocycles. The van der Waals surface area contributed by atoms with Crippen LogP contribution in [0.3, 0.4) is 0 Å². The summed E-state index contributed by atoms with van der Waals surface area (Å²) in [6, 6.07) is 5.96. The van der Waals surface area contributed by atoms with Crippen LogP contribution >= 0.6 is 15.9 Å². The number of anilines is 1. The molecule has 0 bridgehead atoms. The molecule has 1 amide bonds. The fraction of sp³-hybridized carbons (Fsp3) is 0.550. The van der Waals surface area contributed by atoms with Gasteiger partial charge in [0.2, 0.25) is 5.91 Å². The number of rotatable bonds is 6. The van der Waals surface area contributed by atoms with Gasteiger partial charge in [0.15, 0.2) is 0 Å². The quantitative estimate of drug-likeness (QED) is 0.702. The number of nitrogens with one attached hydrogen (secondary N) is 1. The number of carbonyl (C=O) groups excluding carboxylic acids is 1. The smallest absolute Gasteiger partial charge is 0.224 e. The first-order valence-electron chi connectivity index (χ1n) is 9.30. The van der Waals surface area contributed by atoms with Gasteiger partial charge >= 0.3 is 0 Å². The fourth-order valence-electron chi connectivity index (χ4n) is 3.86. The molecule has 1 aromatic heterocycles. The van der Waals surface area contributed by atoms with Gasteiger partial charge in [-0.15, -0.1) is 0 Å². The number of hydrogen-bond acceptors (Lipinski definition) is 2. The van der Waals surface area contributed by atoms with Gasteiger partial charge < -0.3 is 15.0 Å². The third kappa shape index (κ3) is 4.64. The molecule has 0 spiro atoms. The maximum atomic E-state index is 12.5. The summed E-state index contributed by atoms with van der Waals surface area (Å²) >= 11 is 3.59. The van der Waals surface area contributed by atoms with Crippen molar-refractivity contribution < 1.29 is 9.90 Å². The largest absolute Gasteiger partial charge is 0.392 e. The maximum absolute atomic E-state index is 12.5. The van der Waals surface area contributed by atoms with Crippen LogP contribution in [0.5, 0.6) is 0 Å². The van der Waals surface area contributed by atoms with E-state index >= 15 is 0 Å². The lowest BCUT2D eigenvalue weighted by atomic mass is 9.86. The molecule has 1 aliphatic rings. The van der Waals surface area contributed by atoms with Gasteiger partial charge in [-0.2, -0.15) is 0 Å². The Morgan fingerprint density at radius 1 is 1.36 bits per heavy atom. The maximum Gasteiger partial charge on any atom is 0.224 e. The van der Waals surface area contributed by atoms with Gasteiger partial charge in [-0.05, 0) is 31.4 Å². The summed E-state index contributed by atoms with van der Waals surface area (Å²) in [5.41, 5.74) is 1.83. The highest BCUT2D eigenvalue weighted by Gasteiger charge is 2.17. The molecule has 3 rings (SSSR count). The second-order valence-corrected chi connectivity index (χ2v) is 8.12. The molecule has 0 radical (unpaired) electrons. The highest BCUT2D eigenvalue weighted by atomic mass is 79.9. The molecule has 1 aromatic carbocycles. The van der Waals surface area contributed by atoms with Crippen LogP contribution in [0.4, 0.5) is 5.69 Å². The number of halogens is 1. The van der Waals surface area contributed by atoms with E-state index < -0.39 is 6.10 Å². The van der Waals surface area contributed by atoms with Gasteiger partial charge in [-0.25, -0.2) is 0 Å². The Kier molecular flexibility index (Phi) is 6.18. The first-order chi connectivity index (χ1) is 12.0. The number of carbonyl (C=O) groups is 1. The molecule has 1 unspecified atom stereocenters. The third-order valence-electron chi connectivity index (χ3n) is 5.09. The normalized spacial score (nSPS) is 16.9. The SMILES string of the molecule is CC(O)Cn1cc(NC(=O)CCC2CCCCC2)c2c(Br)cccc21. The van der Waals surface area contributed by atoms with Crippen LogP contribution in [-0.2, 0) is 11.3 Å². The van der Waals surface area contributed by atoms with Crippen molar-refractivity contribution in [3.8, 4) is 0 Å². The lowest BCUT2D eigenvalue weighted by Gasteiger charge is -2.20. The summed E-state index contributed by atoms with van der Waals surface area (Å²) in [5.74, 6) is 0.792. The van der Waals surface area contributed by atoms with Crippen molar-refractivity contribution in [3.63, 3.8) is 0 Å². The van der Waals surface area contributed by atoms with E-state index in [-0.39, 0.29) is 5.91 Å². The number of aliphatic hydroxyl groups is 1. The van der Waals surface area contributed by atoms with Crippen molar-refractivity contribution in [1.29, 1.82) is 0 Å². The average Bonchev–Trinajstić information content (AvgIpc) is 2.92. The van der Waals surface area contributed by atoms with Gasteiger partial charge in [0.1, 0.15) is 0 Å². The monoisotopic (exact) mass is 406 g/mol. The molecular formula is C20H27BrN2O2. The summed E-state index contributed by atoms with van der Waals surface area (Å²) in [6.07, 6.45) is 9.57.